The number of fused-ring (bicyclic) bond motifs is 6. The fourth-order valence-corrected chi connectivity index (χ4v) is 10.5. The molecule has 0 N–H and O–H groups in total. The van der Waals surface area contributed by atoms with Crippen LogP contribution in [0.4, 0.5) is 17.1 Å². The number of hydrogen-bond donors (Lipinski definition) is 0. The summed E-state index contributed by atoms with van der Waals surface area (Å²) in [7, 11) is 0. The molecule has 0 bridgehead atoms. The van der Waals surface area contributed by atoms with Gasteiger partial charge in [0.25, 0.3) is 0 Å². The molecule has 0 aliphatic heterocycles. The van der Waals surface area contributed by atoms with Crippen LogP contribution in [0.25, 0.3) is 99.5 Å². The van der Waals surface area contributed by atoms with Crippen molar-refractivity contribution in [2.45, 2.75) is 0 Å². The van der Waals surface area contributed by atoms with Crippen molar-refractivity contribution in [3.05, 3.63) is 273 Å². The number of benzene rings is 11. The molecule has 11 aromatic carbocycles. The molecule has 13 aromatic rings. The molecule has 0 unspecified atom stereocenters. The molecular formula is C66H45N3. The lowest BCUT2D eigenvalue weighted by molar-refractivity contribution is 1.14. The highest BCUT2D eigenvalue weighted by Gasteiger charge is 2.24. The number of rotatable bonds is 9. The van der Waals surface area contributed by atoms with E-state index in [-0.39, 0.29) is 0 Å². The number of para-hydroxylation sites is 4. The van der Waals surface area contributed by atoms with Gasteiger partial charge in [0.05, 0.1) is 33.4 Å². The number of hydrogen-bond acceptors (Lipinski definition) is 1. The highest BCUT2D eigenvalue weighted by Crippen LogP contribution is 2.45. The van der Waals surface area contributed by atoms with Gasteiger partial charge < -0.3 is 14.0 Å². The van der Waals surface area contributed by atoms with E-state index in [1.165, 1.54) is 65.9 Å². The van der Waals surface area contributed by atoms with E-state index in [9.17, 15) is 0 Å². The van der Waals surface area contributed by atoms with E-state index in [1.54, 1.807) is 0 Å². The van der Waals surface area contributed by atoms with E-state index in [4.69, 9.17) is 0 Å². The van der Waals surface area contributed by atoms with Crippen molar-refractivity contribution in [2.24, 2.45) is 0 Å². The first-order chi connectivity index (χ1) is 34.2. The highest BCUT2D eigenvalue weighted by molar-refractivity contribution is 6.12. The van der Waals surface area contributed by atoms with Gasteiger partial charge in [0.2, 0.25) is 0 Å². The van der Waals surface area contributed by atoms with Crippen molar-refractivity contribution >= 4 is 60.7 Å². The van der Waals surface area contributed by atoms with E-state index in [0.29, 0.717) is 0 Å². The van der Waals surface area contributed by atoms with Crippen molar-refractivity contribution in [1.29, 1.82) is 0 Å². The minimum atomic E-state index is 1.07. The van der Waals surface area contributed by atoms with Crippen molar-refractivity contribution in [3.63, 3.8) is 0 Å². The first-order valence-corrected chi connectivity index (χ1v) is 23.7. The van der Waals surface area contributed by atoms with Gasteiger partial charge in [-0.05, 0) is 112 Å². The summed E-state index contributed by atoms with van der Waals surface area (Å²) >= 11 is 0. The number of aromatic nitrogens is 2. The van der Waals surface area contributed by atoms with E-state index >= 15 is 0 Å². The maximum absolute atomic E-state index is 2.49. The summed E-state index contributed by atoms with van der Waals surface area (Å²) in [6, 6.07) is 99.2. The van der Waals surface area contributed by atoms with E-state index in [0.717, 1.165) is 50.7 Å². The molecular weight excluding hydrogens is 835 g/mol. The quantitative estimate of drug-likeness (QED) is 0.141. The SMILES string of the molecule is c1ccc(-c2ccc(N(c3ccc(-c4ccccc4)cc3)c3ccc(-c4cc(-n5c6ccccc6c6ccccc65)c(-c5ccccc5)c(-n5c6ccccc6c6ccccc65)c4)cc3)cc2)cc1. The molecule has 0 radical (unpaired) electrons. The van der Waals surface area contributed by atoms with Crippen molar-refractivity contribution < 1.29 is 0 Å². The van der Waals surface area contributed by atoms with E-state index in [2.05, 4.69) is 287 Å². The molecule has 0 atom stereocenters. The zero-order valence-electron chi connectivity index (χ0n) is 37.8. The van der Waals surface area contributed by atoms with Gasteiger partial charge in [-0.1, -0.05) is 200 Å². The third-order valence-electron chi connectivity index (χ3n) is 13.7. The van der Waals surface area contributed by atoms with Crippen LogP contribution in [0.5, 0.6) is 0 Å². The van der Waals surface area contributed by atoms with Gasteiger partial charge in [-0.15, -0.1) is 0 Å². The second kappa shape index (κ2) is 16.9. The summed E-state index contributed by atoms with van der Waals surface area (Å²) in [6.45, 7) is 0. The van der Waals surface area contributed by atoms with Crippen LogP contribution in [0.2, 0.25) is 0 Å². The van der Waals surface area contributed by atoms with Crippen molar-refractivity contribution in [3.8, 4) is 55.9 Å². The Bertz CT molecular complexity index is 3640. The smallest absolute Gasteiger partial charge is 0.0567 e. The monoisotopic (exact) mass is 879 g/mol. The molecule has 3 heteroatoms. The fraction of sp³-hybridized carbons (Fsp3) is 0. The van der Waals surface area contributed by atoms with Gasteiger partial charge >= 0.3 is 0 Å². The highest BCUT2D eigenvalue weighted by atomic mass is 15.1. The summed E-state index contributed by atoms with van der Waals surface area (Å²) < 4.78 is 4.98. The maximum atomic E-state index is 2.49. The third kappa shape index (κ3) is 6.99. The molecule has 2 aromatic heterocycles. The van der Waals surface area contributed by atoms with Gasteiger partial charge in [-0.3, -0.25) is 0 Å². The van der Waals surface area contributed by atoms with Crippen LogP contribution in [0.15, 0.2) is 273 Å². The third-order valence-corrected chi connectivity index (χ3v) is 13.7. The van der Waals surface area contributed by atoms with Crippen molar-refractivity contribution in [1.82, 2.24) is 9.13 Å². The van der Waals surface area contributed by atoms with Crippen LogP contribution in [0, 0.1) is 0 Å². The van der Waals surface area contributed by atoms with Gasteiger partial charge in [-0.2, -0.15) is 0 Å². The second-order valence-corrected chi connectivity index (χ2v) is 17.7. The lowest BCUT2D eigenvalue weighted by Gasteiger charge is -2.26. The largest absolute Gasteiger partial charge is 0.311 e. The summed E-state index contributed by atoms with van der Waals surface area (Å²) in [6.07, 6.45) is 0. The van der Waals surface area contributed by atoms with Gasteiger partial charge in [-0.25, -0.2) is 0 Å². The van der Waals surface area contributed by atoms with E-state index in [1.807, 2.05) is 0 Å². The molecule has 69 heavy (non-hydrogen) atoms. The Kier molecular flexibility index (Phi) is 9.84. The van der Waals surface area contributed by atoms with Gasteiger partial charge in [0.1, 0.15) is 0 Å². The second-order valence-electron chi connectivity index (χ2n) is 17.7. The van der Waals surface area contributed by atoms with Gasteiger partial charge in [0.15, 0.2) is 0 Å². The molecule has 0 saturated carbocycles. The fourth-order valence-electron chi connectivity index (χ4n) is 10.5. The summed E-state index contributed by atoms with van der Waals surface area (Å²) in [4.78, 5) is 2.36. The Morgan fingerprint density at radius 1 is 0.217 bits per heavy atom. The first kappa shape index (κ1) is 40.1. The Labute approximate surface area is 401 Å². The minimum absolute atomic E-state index is 1.07. The molecule has 0 aliphatic rings. The Balaban J connectivity index is 1.03. The Hall–Kier alpha value is -9.18. The minimum Gasteiger partial charge on any atom is -0.311 e. The first-order valence-electron chi connectivity index (χ1n) is 23.7. The molecule has 0 saturated heterocycles. The summed E-state index contributed by atoms with van der Waals surface area (Å²) in [5.74, 6) is 0. The molecule has 0 aliphatic carbocycles. The van der Waals surface area contributed by atoms with E-state index < -0.39 is 0 Å². The topological polar surface area (TPSA) is 13.1 Å². The molecule has 13 rings (SSSR count). The molecule has 0 amide bonds. The van der Waals surface area contributed by atoms with Crippen molar-refractivity contribution in [2.75, 3.05) is 4.90 Å². The molecule has 0 spiro atoms. The predicted octanol–water partition coefficient (Wildman–Crippen LogP) is 18.0. The zero-order chi connectivity index (χ0) is 45.7. The lowest BCUT2D eigenvalue weighted by atomic mass is 9.95. The number of anilines is 3. The Morgan fingerprint density at radius 2 is 0.478 bits per heavy atom. The van der Waals surface area contributed by atoms with Crippen LogP contribution in [0.1, 0.15) is 0 Å². The Morgan fingerprint density at radius 3 is 0.812 bits per heavy atom. The summed E-state index contributed by atoms with van der Waals surface area (Å²) in [5, 5.41) is 4.92. The lowest BCUT2D eigenvalue weighted by Crippen LogP contribution is -2.10. The average Bonchev–Trinajstić information content (AvgIpc) is 3.95. The predicted molar refractivity (Wildman–Crippen MR) is 292 cm³/mol. The molecule has 324 valence electrons. The summed E-state index contributed by atoms with van der Waals surface area (Å²) in [5.41, 5.74) is 19.5. The van der Waals surface area contributed by atoms with Crippen LogP contribution < -0.4 is 4.90 Å². The average molecular weight is 880 g/mol. The number of nitrogens with zero attached hydrogens (tertiary/aromatic N) is 3. The van der Waals surface area contributed by atoms with Crippen LogP contribution in [-0.2, 0) is 0 Å². The standard InChI is InChI=1S/C66H45N3/c1-4-18-46(19-5-1)48-32-38-53(39-33-48)67(54-40-34-49(35-41-54)47-20-6-2-7-21-47)55-42-36-50(37-43-55)52-44-64(68-60-28-14-10-24-56(60)57-25-11-15-29-61(57)68)66(51-22-8-3-9-23-51)65(45-52)69-62-30-16-12-26-58(62)59-27-13-17-31-63(59)69/h1-45H. The molecule has 2 heterocycles. The van der Waals surface area contributed by atoms with Crippen LogP contribution >= 0.6 is 0 Å². The van der Waals surface area contributed by atoms with Crippen LogP contribution in [0.3, 0.4) is 0 Å². The normalized spacial score (nSPS) is 11.5. The molecule has 3 nitrogen and oxygen atoms in total. The van der Waals surface area contributed by atoms with Crippen LogP contribution in [-0.4, -0.2) is 9.13 Å². The maximum Gasteiger partial charge on any atom is 0.0567 e. The molecule has 0 fully saturated rings. The zero-order valence-corrected chi connectivity index (χ0v) is 37.8. The van der Waals surface area contributed by atoms with Gasteiger partial charge in [0, 0.05) is 44.2 Å².